The third-order valence-electron chi connectivity index (χ3n) is 5.00. The molecule has 4 atom stereocenters. The van der Waals surface area contributed by atoms with E-state index in [4.69, 9.17) is 14.2 Å². The first-order chi connectivity index (χ1) is 12.8. The zero-order valence-corrected chi connectivity index (χ0v) is 16.6. The van der Waals surface area contributed by atoms with Gasteiger partial charge in [-0.3, -0.25) is 4.79 Å². The summed E-state index contributed by atoms with van der Waals surface area (Å²) in [6.45, 7) is 7.64. The van der Waals surface area contributed by atoms with E-state index in [1.54, 1.807) is 13.0 Å². The van der Waals surface area contributed by atoms with Gasteiger partial charge in [0.25, 0.3) is 0 Å². The van der Waals surface area contributed by atoms with Gasteiger partial charge >= 0.3 is 5.97 Å². The van der Waals surface area contributed by atoms with Gasteiger partial charge in [-0.1, -0.05) is 18.2 Å². The maximum atomic E-state index is 12.4. The molecule has 0 aromatic rings. The van der Waals surface area contributed by atoms with E-state index in [-0.39, 0.29) is 31.3 Å². The van der Waals surface area contributed by atoms with Crippen LogP contribution in [0.4, 0.5) is 0 Å². The highest BCUT2D eigenvalue weighted by atomic mass is 16.7. The lowest BCUT2D eigenvalue weighted by Gasteiger charge is -2.24. The number of ketones is 1. The Morgan fingerprint density at radius 1 is 1.30 bits per heavy atom. The monoisotopic (exact) mass is 378 g/mol. The fraction of sp³-hybridized carbons (Fsp3) is 0.619. The first kappa shape index (κ1) is 21.5. The number of carbonyl (C=O) groups excluding carboxylic acids is 2. The highest BCUT2D eigenvalue weighted by Gasteiger charge is 2.29. The van der Waals surface area contributed by atoms with Crippen LogP contribution in [0.2, 0.25) is 0 Å². The molecule has 2 heterocycles. The summed E-state index contributed by atoms with van der Waals surface area (Å²) in [5.74, 6) is -0.429. The Kier molecular flexibility index (Phi) is 7.95. The largest absolute Gasteiger partial charge is 0.454 e. The van der Waals surface area contributed by atoms with Crippen molar-refractivity contribution in [2.75, 3.05) is 6.61 Å². The minimum atomic E-state index is -0.534. The molecule has 6 heteroatoms. The predicted molar refractivity (Wildman–Crippen MR) is 101 cm³/mol. The third-order valence-corrected chi connectivity index (χ3v) is 5.00. The predicted octanol–water partition coefficient (Wildman–Crippen LogP) is 3.00. The summed E-state index contributed by atoms with van der Waals surface area (Å²) in [4.78, 5) is 24.6. The molecule has 1 N–H and O–H groups in total. The Morgan fingerprint density at radius 3 is 2.67 bits per heavy atom. The van der Waals surface area contributed by atoms with Crippen LogP contribution in [0.25, 0.3) is 0 Å². The van der Waals surface area contributed by atoms with E-state index in [9.17, 15) is 14.7 Å². The molecule has 1 fully saturated rings. The standard InChI is InChI=1S/C21H30O6/c1-5-13(2)18-9-7-14(3)19(26-20-11-17(23)12-25-20)10-16(22)8-6-15(4)21(24)27-18/h5-7,17-20,23H,8-12H2,1-4H3/b13-5-,14-7+,15-6-. The van der Waals surface area contributed by atoms with Crippen molar-refractivity contribution in [1.29, 1.82) is 0 Å². The summed E-state index contributed by atoms with van der Waals surface area (Å²) < 4.78 is 17.0. The van der Waals surface area contributed by atoms with Gasteiger partial charge in [-0.2, -0.15) is 0 Å². The number of hydrogen-bond donors (Lipinski definition) is 1. The van der Waals surface area contributed by atoms with Crippen LogP contribution < -0.4 is 0 Å². The van der Waals surface area contributed by atoms with E-state index in [1.165, 1.54) is 0 Å². The van der Waals surface area contributed by atoms with Crippen LogP contribution in [0.3, 0.4) is 0 Å². The average molecular weight is 378 g/mol. The molecule has 0 aromatic carbocycles. The van der Waals surface area contributed by atoms with Crippen LogP contribution in [0.1, 0.15) is 53.4 Å². The maximum absolute atomic E-state index is 12.4. The zero-order valence-electron chi connectivity index (χ0n) is 16.6. The van der Waals surface area contributed by atoms with Crippen LogP contribution in [0.15, 0.2) is 34.9 Å². The normalized spacial score (nSPS) is 35.4. The first-order valence-electron chi connectivity index (χ1n) is 9.44. The first-order valence-corrected chi connectivity index (χ1v) is 9.44. The van der Waals surface area contributed by atoms with Crippen molar-refractivity contribution >= 4 is 11.8 Å². The molecular formula is C21H30O6. The van der Waals surface area contributed by atoms with E-state index in [2.05, 4.69) is 0 Å². The van der Waals surface area contributed by atoms with Crippen molar-refractivity contribution in [3.8, 4) is 0 Å². The lowest BCUT2D eigenvalue weighted by Crippen LogP contribution is -2.27. The number of esters is 1. The highest BCUT2D eigenvalue weighted by molar-refractivity contribution is 5.89. The number of hydrogen-bond acceptors (Lipinski definition) is 6. The Morgan fingerprint density at radius 2 is 2.04 bits per heavy atom. The molecule has 2 rings (SSSR count). The summed E-state index contributed by atoms with van der Waals surface area (Å²) in [5.41, 5.74) is 2.28. The second kappa shape index (κ2) is 9.97. The molecule has 0 radical (unpaired) electrons. The van der Waals surface area contributed by atoms with E-state index < -0.39 is 24.5 Å². The van der Waals surface area contributed by atoms with Gasteiger partial charge in [0, 0.05) is 31.3 Å². The van der Waals surface area contributed by atoms with Gasteiger partial charge < -0.3 is 19.3 Å². The molecule has 4 unspecified atom stereocenters. The second-order valence-electron chi connectivity index (χ2n) is 7.22. The van der Waals surface area contributed by atoms with Crippen molar-refractivity contribution < 1.29 is 28.9 Å². The van der Waals surface area contributed by atoms with Crippen LogP contribution in [-0.4, -0.2) is 48.1 Å². The Bertz CT molecular complexity index is 645. The summed E-state index contributed by atoms with van der Waals surface area (Å²) >= 11 is 0. The quantitative estimate of drug-likeness (QED) is 0.600. The lowest BCUT2D eigenvalue weighted by atomic mass is 9.99. The van der Waals surface area contributed by atoms with Crippen LogP contribution in [-0.2, 0) is 23.8 Å². The van der Waals surface area contributed by atoms with E-state index >= 15 is 0 Å². The molecule has 1 saturated heterocycles. The topological polar surface area (TPSA) is 82.1 Å². The SMILES string of the molecule is C/C=C(/C)C1C/C=C(\C)C(OC2CC(O)CO2)CC(=O)C/C=C(/C)C(=O)O1. The number of allylic oxidation sites excluding steroid dienone is 2. The van der Waals surface area contributed by atoms with Crippen molar-refractivity contribution in [2.45, 2.75) is 78.0 Å². The molecule has 0 aromatic heterocycles. The van der Waals surface area contributed by atoms with Gasteiger partial charge in [-0.15, -0.1) is 0 Å². The smallest absolute Gasteiger partial charge is 0.334 e. The molecule has 2 aliphatic heterocycles. The van der Waals surface area contributed by atoms with Gasteiger partial charge in [0.1, 0.15) is 11.9 Å². The number of aliphatic hydroxyl groups is 1. The van der Waals surface area contributed by atoms with Crippen molar-refractivity contribution in [3.63, 3.8) is 0 Å². The molecule has 0 aliphatic carbocycles. The molecule has 150 valence electrons. The van der Waals surface area contributed by atoms with Gasteiger partial charge in [-0.05, 0) is 38.8 Å². The van der Waals surface area contributed by atoms with Crippen LogP contribution >= 0.6 is 0 Å². The number of ether oxygens (including phenoxy) is 3. The number of cyclic esters (lactones) is 1. The van der Waals surface area contributed by atoms with Gasteiger partial charge in [-0.25, -0.2) is 4.79 Å². The fourth-order valence-electron chi connectivity index (χ4n) is 2.97. The Balaban J connectivity index is 2.23. The molecule has 0 amide bonds. The fourth-order valence-corrected chi connectivity index (χ4v) is 2.97. The van der Waals surface area contributed by atoms with Crippen LogP contribution in [0, 0.1) is 0 Å². The van der Waals surface area contributed by atoms with Gasteiger partial charge in [0.05, 0.1) is 18.8 Å². The molecule has 27 heavy (non-hydrogen) atoms. The molecule has 0 saturated carbocycles. The summed E-state index contributed by atoms with van der Waals surface area (Å²) in [7, 11) is 0. The molecule has 0 spiro atoms. The van der Waals surface area contributed by atoms with Crippen molar-refractivity contribution in [2.24, 2.45) is 0 Å². The van der Waals surface area contributed by atoms with Crippen molar-refractivity contribution in [3.05, 3.63) is 34.9 Å². The summed E-state index contributed by atoms with van der Waals surface area (Å²) in [6.07, 6.45) is 4.90. The van der Waals surface area contributed by atoms with E-state index in [0.29, 0.717) is 18.4 Å². The highest BCUT2D eigenvalue weighted by Crippen LogP contribution is 2.24. The Labute approximate surface area is 160 Å². The minimum Gasteiger partial charge on any atom is -0.454 e. The van der Waals surface area contributed by atoms with Crippen LogP contribution in [0.5, 0.6) is 0 Å². The second-order valence-corrected chi connectivity index (χ2v) is 7.22. The maximum Gasteiger partial charge on any atom is 0.334 e. The number of carbonyl (C=O) groups is 2. The van der Waals surface area contributed by atoms with E-state index in [1.807, 2.05) is 32.9 Å². The van der Waals surface area contributed by atoms with Gasteiger partial charge in [0.15, 0.2) is 6.29 Å². The number of Topliss-reactive ketones (excluding diaryl/α,β-unsaturated/α-hetero) is 1. The van der Waals surface area contributed by atoms with E-state index in [0.717, 1.165) is 11.1 Å². The Hall–Kier alpha value is -1.76. The molecular weight excluding hydrogens is 348 g/mol. The zero-order chi connectivity index (χ0) is 20.0. The number of aliphatic hydroxyl groups excluding tert-OH is 1. The average Bonchev–Trinajstić information content (AvgIpc) is 3.05. The summed E-state index contributed by atoms with van der Waals surface area (Å²) in [5, 5.41) is 9.63. The molecule has 0 bridgehead atoms. The van der Waals surface area contributed by atoms with Crippen molar-refractivity contribution in [1.82, 2.24) is 0 Å². The minimum absolute atomic E-state index is 0.0276. The summed E-state index contributed by atoms with van der Waals surface area (Å²) in [6, 6.07) is 0. The molecule has 6 nitrogen and oxygen atoms in total. The van der Waals surface area contributed by atoms with Gasteiger partial charge in [0.2, 0.25) is 0 Å². The molecule has 2 aliphatic rings. The lowest BCUT2D eigenvalue weighted by molar-refractivity contribution is -0.143. The third kappa shape index (κ3) is 6.41. The number of rotatable bonds is 3.